The van der Waals surface area contributed by atoms with Crippen molar-refractivity contribution in [3.8, 4) is 11.5 Å². The van der Waals surface area contributed by atoms with Gasteiger partial charge < -0.3 is 29.9 Å². The second-order valence-electron chi connectivity index (χ2n) is 7.32. The van der Waals surface area contributed by atoms with E-state index >= 15 is 0 Å². The van der Waals surface area contributed by atoms with E-state index in [1.165, 1.54) is 0 Å². The molecule has 168 valence electrons. The van der Waals surface area contributed by atoms with Crippen LogP contribution in [0.5, 0.6) is 11.5 Å². The number of aliphatic hydroxyl groups excluding tert-OH is 4. The van der Waals surface area contributed by atoms with Crippen molar-refractivity contribution < 1.29 is 29.9 Å². The molecule has 0 saturated heterocycles. The zero-order valence-corrected chi connectivity index (χ0v) is 17.7. The van der Waals surface area contributed by atoms with Gasteiger partial charge in [0, 0.05) is 0 Å². The third kappa shape index (κ3) is 7.84. The van der Waals surface area contributed by atoms with Crippen molar-refractivity contribution in [3.05, 3.63) is 84.0 Å². The van der Waals surface area contributed by atoms with Gasteiger partial charge in [-0.2, -0.15) is 0 Å². The lowest BCUT2D eigenvalue weighted by atomic mass is 9.93. The van der Waals surface area contributed by atoms with Gasteiger partial charge in [-0.15, -0.1) is 13.2 Å². The number of hydrogen-bond acceptors (Lipinski definition) is 6. The third-order valence-electron chi connectivity index (χ3n) is 4.77. The maximum absolute atomic E-state index is 9.49. The molecule has 2 atom stereocenters. The third-order valence-corrected chi connectivity index (χ3v) is 4.77. The molecule has 0 aromatic heterocycles. The topological polar surface area (TPSA) is 99.4 Å². The molecule has 0 aliphatic rings. The highest BCUT2D eigenvalue weighted by Crippen LogP contribution is 2.26. The molecular formula is C25H32O6. The molecule has 0 heterocycles. The smallest absolute Gasteiger partial charge is 0.119 e. The first-order valence-corrected chi connectivity index (χ1v) is 10.3. The lowest BCUT2D eigenvalue weighted by Crippen LogP contribution is -2.21. The fourth-order valence-electron chi connectivity index (χ4n) is 3.12. The van der Waals surface area contributed by atoms with Crippen molar-refractivity contribution in [3.63, 3.8) is 0 Å². The van der Waals surface area contributed by atoms with E-state index in [2.05, 4.69) is 13.2 Å². The van der Waals surface area contributed by atoms with E-state index in [1.54, 1.807) is 0 Å². The molecule has 2 aromatic carbocycles. The average molecular weight is 429 g/mol. The normalized spacial score (nSPS) is 12.8. The van der Waals surface area contributed by atoms with Crippen LogP contribution in [-0.4, -0.2) is 59.1 Å². The SMILES string of the molecule is C=CCc1cc(OCC(O)CO)ccc1Cc1ccc(OCC(O)CO)cc1CC=C. The minimum Gasteiger partial charge on any atom is -0.491 e. The molecule has 0 amide bonds. The van der Waals surface area contributed by atoms with Crippen LogP contribution in [0, 0.1) is 0 Å². The first kappa shape index (κ1) is 24.6. The van der Waals surface area contributed by atoms with Crippen LogP contribution in [0.3, 0.4) is 0 Å². The number of allylic oxidation sites excluding steroid dienone is 2. The Morgan fingerprint density at radius 1 is 0.710 bits per heavy atom. The molecule has 2 aromatic rings. The van der Waals surface area contributed by atoms with E-state index in [0.717, 1.165) is 22.3 Å². The van der Waals surface area contributed by atoms with Crippen molar-refractivity contribution in [1.29, 1.82) is 0 Å². The van der Waals surface area contributed by atoms with Crippen molar-refractivity contribution in [2.24, 2.45) is 0 Å². The number of ether oxygens (including phenoxy) is 2. The lowest BCUT2D eigenvalue weighted by Gasteiger charge is -2.16. The van der Waals surface area contributed by atoms with Gasteiger partial charge in [0.2, 0.25) is 0 Å². The van der Waals surface area contributed by atoms with Gasteiger partial charge in [-0.3, -0.25) is 0 Å². The molecule has 0 saturated carbocycles. The lowest BCUT2D eigenvalue weighted by molar-refractivity contribution is 0.0536. The summed E-state index contributed by atoms with van der Waals surface area (Å²) in [6.45, 7) is 7.04. The van der Waals surface area contributed by atoms with Crippen LogP contribution in [0.1, 0.15) is 22.3 Å². The number of benzene rings is 2. The van der Waals surface area contributed by atoms with Crippen LogP contribution in [-0.2, 0) is 19.3 Å². The molecule has 2 rings (SSSR count). The summed E-state index contributed by atoms with van der Waals surface area (Å²) in [6, 6.07) is 11.6. The average Bonchev–Trinajstić information content (AvgIpc) is 2.78. The van der Waals surface area contributed by atoms with Gasteiger partial charge in [0.25, 0.3) is 0 Å². The van der Waals surface area contributed by atoms with Gasteiger partial charge in [0.05, 0.1) is 13.2 Å². The second-order valence-corrected chi connectivity index (χ2v) is 7.32. The molecule has 6 nitrogen and oxygen atoms in total. The van der Waals surface area contributed by atoms with Crippen molar-refractivity contribution >= 4 is 0 Å². The van der Waals surface area contributed by atoms with Crippen LogP contribution >= 0.6 is 0 Å². The highest BCUT2D eigenvalue weighted by molar-refractivity contribution is 5.44. The van der Waals surface area contributed by atoms with Gasteiger partial charge in [0.15, 0.2) is 0 Å². The summed E-state index contributed by atoms with van der Waals surface area (Å²) in [5.41, 5.74) is 4.40. The molecule has 0 radical (unpaired) electrons. The Morgan fingerprint density at radius 2 is 1.13 bits per heavy atom. The van der Waals surface area contributed by atoms with Crippen LogP contribution < -0.4 is 9.47 Å². The minimum atomic E-state index is -0.914. The van der Waals surface area contributed by atoms with Crippen molar-refractivity contribution in [2.45, 2.75) is 31.5 Å². The molecule has 0 bridgehead atoms. The summed E-state index contributed by atoms with van der Waals surface area (Å²) in [6.07, 6.45) is 3.88. The summed E-state index contributed by atoms with van der Waals surface area (Å²) in [7, 11) is 0. The number of hydrogen-bond donors (Lipinski definition) is 4. The van der Waals surface area contributed by atoms with Crippen molar-refractivity contribution in [1.82, 2.24) is 0 Å². The van der Waals surface area contributed by atoms with Gasteiger partial charge in [-0.1, -0.05) is 24.3 Å². The van der Waals surface area contributed by atoms with E-state index in [4.69, 9.17) is 19.7 Å². The Hall–Kier alpha value is -2.64. The van der Waals surface area contributed by atoms with Crippen molar-refractivity contribution in [2.75, 3.05) is 26.4 Å². The van der Waals surface area contributed by atoms with E-state index in [9.17, 15) is 10.2 Å². The quantitative estimate of drug-likeness (QED) is 0.344. The molecule has 2 unspecified atom stereocenters. The van der Waals surface area contributed by atoms with E-state index in [0.29, 0.717) is 30.8 Å². The van der Waals surface area contributed by atoms with E-state index < -0.39 is 12.2 Å². The van der Waals surface area contributed by atoms with Gasteiger partial charge >= 0.3 is 0 Å². The largest absolute Gasteiger partial charge is 0.491 e. The second kappa shape index (κ2) is 12.9. The molecule has 4 N–H and O–H groups in total. The molecular weight excluding hydrogens is 396 g/mol. The monoisotopic (exact) mass is 428 g/mol. The molecule has 31 heavy (non-hydrogen) atoms. The van der Waals surface area contributed by atoms with Crippen LogP contribution in [0.25, 0.3) is 0 Å². The van der Waals surface area contributed by atoms with Crippen LogP contribution in [0.4, 0.5) is 0 Å². The molecule has 0 spiro atoms. The fraction of sp³-hybridized carbons (Fsp3) is 0.360. The van der Waals surface area contributed by atoms with Gasteiger partial charge in [-0.25, -0.2) is 0 Å². The van der Waals surface area contributed by atoms with E-state index in [1.807, 2.05) is 48.6 Å². The Morgan fingerprint density at radius 3 is 1.48 bits per heavy atom. The summed E-state index contributed by atoms with van der Waals surface area (Å²) in [5.74, 6) is 1.26. The molecule has 6 heteroatoms. The van der Waals surface area contributed by atoms with E-state index in [-0.39, 0.29) is 26.4 Å². The maximum Gasteiger partial charge on any atom is 0.119 e. The highest BCUT2D eigenvalue weighted by atomic mass is 16.5. The molecule has 0 aliphatic heterocycles. The Balaban J connectivity index is 2.22. The van der Waals surface area contributed by atoms with Crippen LogP contribution in [0.15, 0.2) is 61.7 Å². The first-order valence-electron chi connectivity index (χ1n) is 10.3. The number of aliphatic hydroxyl groups is 4. The Bertz CT molecular complexity index is 778. The molecule has 0 fully saturated rings. The predicted molar refractivity (Wildman–Crippen MR) is 121 cm³/mol. The summed E-state index contributed by atoms with van der Waals surface area (Å²) < 4.78 is 11.1. The maximum atomic E-state index is 9.49. The summed E-state index contributed by atoms with van der Waals surface area (Å²) >= 11 is 0. The summed E-state index contributed by atoms with van der Waals surface area (Å²) in [5, 5.41) is 36.9. The van der Waals surface area contributed by atoms with Gasteiger partial charge in [0.1, 0.15) is 36.9 Å². The van der Waals surface area contributed by atoms with Crippen LogP contribution in [0.2, 0.25) is 0 Å². The minimum absolute atomic E-state index is 0.0271. The zero-order valence-electron chi connectivity index (χ0n) is 17.7. The molecule has 0 aliphatic carbocycles. The Labute approximate surface area is 183 Å². The summed E-state index contributed by atoms with van der Waals surface area (Å²) in [4.78, 5) is 0. The first-order chi connectivity index (χ1) is 15.0. The fourth-order valence-corrected chi connectivity index (χ4v) is 3.12. The Kier molecular flexibility index (Phi) is 10.3. The van der Waals surface area contributed by atoms with Gasteiger partial charge in [-0.05, 0) is 65.8 Å². The highest BCUT2D eigenvalue weighted by Gasteiger charge is 2.11. The standard InChI is InChI=1S/C25H32O6/c1-3-5-18-12-24(30-16-22(28)14-26)9-7-20(18)11-21-8-10-25(13-19(21)6-4-2)31-17-23(29)15-27/h3-4,7-10,12-13,22-23,26-29H,1-2,5-6,11,14-17H2. The zero-order chi connectivity index (χ0) is 22.6. The predicted octanol–water partition coefficient (Wildman–Crippen LogP) is 2.20. The number of rotatable bonds is 14.